The van der Waals surface area contributed by atoms with Crippen LogP contribution in [0.4, 0.5) is 10.1 Å². The van der Waals surface area contributed by atoms with Gasteiger partial charge in [0.1, 0.15) is 11.4 Å². The van der Waals surface area contributed by atoms with Gasteiger partial charge in [0.15, 0.2) is 0 Å². The fourth-order valence-corrected chi connectivity index (χ4v) is 3.93. The number of likely N-dealkylation sites (N-methyl/N-ethyl adjacent to an activating group) is 1. The highest BCUT2D eigenvalue weighted by Crippen LogP contribution is 2.38. The van der Waals surface area contributed by atoms with E-state index in [1.54, 1.807) is 0 Å². The quantitative estimate of drug-likeness (QED) is 0.879. The van der Waals surface area contributed by atoms with Crippen LogP contribution in [0.15, 0.2) is 18.2 Å². The molecule has 6 nitrogen and oxygen atoms in total. The summed E-state index contributed by atoms with van der Waals surface area (Å²) in [5.41, 5.74) is -0.436. The summed E-state index contributed by atoms with van der Waals surface area (Å²) in [6.07, 6.45) is 3.18. The lowest BCUT2D eigenvalue weighted by atomic mass is 9.79. The summed E-state index contributed by atoms with van der Waals surface area (Å²) in [4.78, 5) is 38.3. The number of hydrogen-bond acceptors (Lipinski definition) is 3. The summed E-state index contributed by atoms with van der Waals surface area (Å²) in [7, 11) is 1.50. The smallest absolute Gasteiger partial charge is 0.329 e. The molecule has 1 fully saturated rings. The molecule has 2 amide bonds. The molecule has 2 aliphatic rings. The number of carbonyl (C=O) groups is 3. The number of rotatable bonds is 3. The van der Waals surface area contributed by atoms with Crippen LogP contribution >= 0.6 is 0 Å². The lowest BCUT2D eigenvalue weighted by Crippen LogP contribution is -2.57. The van der Waals surface area contributed by atoms with Crippen molar-refractivity contribution in [1.82, 2.24) is 4.90 Å². The monoisotopic (exact) mass is 348 g/mol. The van der Waals surface area contributed by atoms with Gasteiger partial charge >= 0.3 is 5.97 Å². The Labute approximate surface area is 145 Å². The number of nitrogens with one attached hydrogen (secondary N) is 1. The molecule has 25 heavy (non-hydrogen) atoms. The molecule has 3 rings (SSSR count). The first-order valence-electron chi connectivity index (χ1n) is 8.45. The van der Waals surface area contributed by atoms with Crippen LogP contribution in [0.3, 0.4) is 0 Å². The minimum absolute atomic E-state index is 0.0719. The van der Waals surface area contributed by atoms with Crippen molar-refractivity contribution < 1.29 is 23.9 Å². The molecular weight excluding hydrogens is 327 g/mol. The van der Waals surface area contributed by atoms with Crippen LogP contribution in [-0.4, -0.2) is 40.4 Å². The lowest BCUT2D eigenvalue weighted by molar-refractivity contribution is -0.161. The third-order valence-electron chi connectivity index (χ3n) is 5.40. The first-order chi connectivity index (χ1) is 11.8. The third kappa shape index (κ3) is 2.99. The van der Waals surface area contributed by atoms with Crippen molar-refractivity contribution in [1.29, 1.82) is 0 Å². The highest BCUT2D eigenvalue weighted by atomic mass is 19.1. The first kappa shape index (κ1) is 17.4. The van der Waals surface area contributed by atoms with E-state index in [0.29, 0.717) is 18.4 Å². The van der Waals surface area contributed by atoms with Gasteiger partial charge in [0, 0.05) is 19.2 Å². The van der Waals surface area contributed by atoms with Crippen LogP contribution in [0.5, 0.6) is 0 Å². The van der Waals surface area contributed by atoms with Crippen molar-refractivity contribution in [2.45, 2.75) is 50.0 Å². The summed E-state index contributed by atoms with van der Waals surface area (Å²) >= 11 is 0. The first-order valence-corrected chi connectivity index (χ1v) is 8.45. The SMILES string of the molecule is CN(C(=O)C1CC(=O)Nc2cc(F)ccc21)C1(C(=O)O)CCCCC1. The van der Waals surface area contributed by atoms with E-state index in [9.17, 15) is 23.9 Å². The standard InChI is InChI=1S/C18H21FN2O4/c1-21(18(17(24)25)7-3-2-4-8-18)16(23)13-10-15(22)20-14-9-11(19)5-6-12(13)14/h5-6,9,13H,2-4,7-8,10H2,1H3,(H,20,22)(H,24,25). The fraction of sp³-hybridized carbons (Fsp3) is 0.500. The van der Waals surface area contributed by atoms with Crippen molar-refractivity contribution in [3.05, 3.63) is 29.6 Å². The summed E-state index contributed by atoms with van der Waals surface area (Å²) in [5, 5.41) is 12.3. The lowest BCUT2D eigenvalue weighted by Gasteiger charge is -2.42. The van der Waals surface area contributed by atoms with Gasteiger partial charge in [-0.2, -0.15) is 0 Å². The van der Waals surface area contributed by atoms with Crippen LogP contribution in [0.2, 0.25) is 0 Å². The molecule has 7 heteroatoms. The Bertz CT molecular complexity index is 728. The van der Waals surface area contributed by atoms with E-state index in [0.717, 1.165) is 19.3 Å². The van der Waals surface area contributed by atoms with Crippen LogP contribution in [0.25, 0.3) is 0 Å². The normalized spacial score (nSPS) is 21.8. The molecule has 0 aromatic heterocycles. The Morgan fingerprint density at radius 1 is 1.28 bits per heavy atom. The van der Waals surface area contributed by atoms with Gasteiger partial charge < -0.3 is 15.3 Å². The molecule has 0 radical (unpaired) electrons. The van der Waals surface area contributed by atoms with Crippen LogP contribution in [0.1, 0.15) is 50.0 Å². The Hall–Kier alpha value is -2.44. The average molecular weight is 348 g/mol. The maximum atomic E-state index is 13.4. The third-order valence-corrected chi connectivity index (χ3v) is 5.40. The molecule has 0 saturated heterocycles. The number of carbonyl (C=O) groups excluding carboxylic acids is 2. The second-order valence-corrected chi connectivity index (χ2v) is 6.83. The van der Waals surface area contributed by atoms with E-state index in [1.165, 1.54) is 30.1 Å². The van der Waals surface area contributed by atoms with Crippen molar-refractivity contribution in [2.24, 2.45) is 0 Å². The van der Waals surface area contributed by atoms with Gasteiger partial charge in [-0.1, -0.05) is 25.3 Å². The zero-order valence-corrected chi connectivity index (χ0v) is 14.0. The molecule has 1 heterocycles. The predicted octanol–water partition coefficient (Wildman–Crippen LogP) is 2.50. The van der Waals surface area contributed by atoms with Crippen LogP contribution < -0.4 is 5.32 Å². The predicted molar refractivity (Wildman–Crippen MR) is 88.6 cm³/mol. The molecule has 1 saturated carbocycles. The van der Waals surface area contributed by atoms with E-state index in [-0.39, 0.29) is 18.0 Å². The molecule has 1 aliphatic carbocycles. The summed E-state index contributed by atoms with van der Waals surface area (Å²) in [6.45, 7) is 0. The molecular formula is C18H21FN2O4. The van der Waals surface area contributed by atoms with Crippen molar-refractivity contribution >= 4 is 23.5 Å². The number of nitrogens with zero attached hydrogens (tertiary/aromatic N) is 1. The average Bonchev–Trinajstić information content (AvgIpc) is 2.59. The number of carboxylic acids is 1. The zero-order chi connectivity index (χ0) is 18.2. The van der Waals surface area contributed by atoms with Gasteiger partial charge in [-0.3, -0.25) is 9.59 Å². The fourth-order valence-electron chi connectivity index (χ4n) is 3.93. The molecule has 134 valence electrons. The maximum absolute atomic E-state index is 13.4. The highest BCUT2D eigenvalue weighted by Gasteiger charge is 2.47. The van der Waals surface area contributed by atoms with Gasteiger partial charge in [0.25, 0.3) is 0 Å². The van der Waals surface area contributed by atoms with E-state index < -0.39 is 29.2 Å². The second-order valence-electron chi connectivity index (χ2n) is 6.83. The van der Waals surface area contributed by atoms with Crippen LogP contribution in [-0.2, 0) is 14.4 Å². The van der Waals surface area contributed by atoms with Crippen molar-refractivity contribution in [3.63, 3.8) is 0 Å². The van der Waals surface area contributed by atoms with E-state index >= 15 is 0 Å². The number of hydrogen-bond donors (Lipinski definition) is 2. The maximum Gasteiger partial charge on any atom is 0.329 e. The molecule has 1 aromatic carbocycles. The van der Waals surface area contributed by atoms with Crippen LogP contribution in [0, 0.1) is 5.82 Å². The van der Waals surface area contributed by atoms with Crippen molar-refractivity contribution in [3.8, 4) is 0 Å². The number of fused-ring (bicyclic) bond motifs is 1. The Kier molecular flexibility index (Phi) is 4.49. The number of amides is 2. The summed E-state index contributed by atoms with van der Waals surface area (Å²) in [5.74, 6) is -3.10. The van der Waals surface area contributed by atoms with E-state index in [4.69, 9.17) is 0 Å². The topological polar surface area (TPSA) is 86.7 Å². The second kappa shape index (κ2) is 6.46. The molecule has 1 atom stereocenters. The van der Waals surface area contributed by atoms with Gasteiger partial charge in [-0.15, -0.1) is 0 Å². The summed E-state index contributed by atoms with van der Waals surface area (Å²) in [6, 6.07) is 3.90. The van der Waals surface area contributed by atoms with Gasteiger partial charge in [-0.25, -0.2) is 9.18 Å². The molecule has 1 aromatic rings. The molecule has 1 aliphatic heterocycles. The van der Waals surface area contributed by atoms with E-state index in [2.05, 4.69) is 5.32 Å². The Morgan fingerprint density at radius 3 is 2.60 bits per heavy atom. The molecule has 1 unspecified atom stereocenters. The Morgan fingerprint density at radius 2 is 1.96 bits per heavy atom. The number of aliphatic carboxylic acids is 1. The minimum Gasteiger partial charge on any atom is -0.479 e. The van der Waals surface area contributed by atoms with Gasteiger partial charge in [0.05, 0.1) is 5.92 Å². The van der Waals surface area contributed by atoms with Crippen molar-refractivity contribution in [2.75, 3.05) is 12.4 Å². The molecule has 2 N–H and O–H groups in total. The largest absolute Gasteiger partial charge is 0.479 e. The van der Waals surface area contributed by atoms with E-state index in [1.807, 2.05) is 0 Å². The number of carboxylic acid groups (broad SMARTS) is 1. The Balaban J connectivity index is 1.95. The van der Waals surface area contributed by atoms with Gasteiger partial charge in [-0.05, 0) is 30.5 Å². The summed E-state index contributed by atoms with van der Waals surface area (Å²) < 4.78 is 13.4. The van der Waals surface area contributed by atoms with Gasteiger partial charge in [0.2, 0.25) is 11.8 Å². The zero-order valence-electron chi connectivity index (χ0n) is 14.0. The number of halogens is 1. The number of anilines is 1. The highest BCUT2D eigenvalue weighted by molar-refractivity contribution is 6.02. The minimum atomic E-state index is -1.23. The molecule has 0 spiro atoms. The number of benzene rings is 1. The molecule has 0 bridgehead atoms.